The van der Waals surface area contributed by atoms with E-state index in [0.717, 1.165) is 5.46 Å². The minimum absolute atomic E-state index is 0.231. The number of hydrogen-bond acceptors (Lipinski definition) is 0. The van der Waals surface area contributed by atoms with Gasteiger partial charge in [0, 0.05) is 10.6 Å². The van der Waals surface area contributed by atoms with Crippen LogP contribution in [-0.4, -0.2) is 7.85 Å². The Balaban J connectivity index is 3.31. The lowest BCUT2D eigenvalue weighted by Gasteiger charge is -1.99. The summed E-state index contributed by atoms with van der Waals surface area (Å²) in [4.78, 5) is 0. The van der Waals surface area contributed by atoms with Gasteiger partial charge in [-0.3, -0.25) is 0 Å². The second-order valence-electron chi connectivity index (χ2n) is 2.35. The zero-order chi connectivity index (χ0) is 7.72. The van der Waals surface area contributed by atoms with Crippen molar-refractivity contribution >= 4 is 24.9 Å². The molecule has 0 nitrogen and oxygen atoms in total. The fraction of sp³-hybridized carbons (Fsp3) is 0.143. The van der Waals surface area contributed by atoms with Crippen molar-refractivity contribution in [3.05, 3.63) is 28.5 Å². The Morgan fingerprint density at radius 3 is 2.60 bits per heavy atom. The van der Waals surface area contributed by atoms with Crippen LogP contribution >= 0.6 is 11.6 Å². The summed E-state index contributed by atoms with van der Waals surface area (Å²) >= 11 is 5.68. The Bertz CT molecular complexity index is 237. The molecule has 0 N–H and O–H groups in total. The van der Waals surface area contributed by atoms with Crippen LogP contribution in [0.2, 0.25) is 5.02 Å². The van der Waals surface area contributed by atoms with Crippen molar-refractivity contribution in [2.45, 2.75) is 6.92 Å². The van der Waals surface area contributed by atoms with Crippen molar-refractivity contribution in [3.63, 3.8) is 0 Å². The lowest BCUT2D eigenvalue weighted by Crippen LogP contribution is -2.03. The van der Waals surface area contributed by atoms with Crippen LogP contribution < -0.4 is 5.46 Å². The summed E-state index contributed by atoms with van der Waals surface area (Å²) in [6.45, 7) is 1.66. The van der Waals surface area contributed by atoms with Crippen LogP contribution in [0.25, 0.3) is 0 Å². The molecule has 0 unspecified atom stereocenters. The molecule has 0 radical (unpaired) electrons. The van der Waals surface area contributed by atoms with E-state index in [9.17, 15) is 4.39 Å². The first-order valence-corrected chi connectivity index (χ1v) is 3.41. The molecule has 0 spiro atoms. The molecule has 0 heterocycles. The third kappa shape index (κ3) is 1.32. The quantitative estimate of drug-likeness (QED) is 0.493. The van der Waals surface area contributed by atoms with Crippen LogP contribution in [0.5, 0.6) is 0 Å². The van der Waals surface area contributed by atoms with Crippen LogP contribution in [0.1, 0.15) is 5.56 Å². The van der Waals surface area contributed by atoms with E-state index < -0.39 is 0 Å². The Morgan fingerprint density at radius 2 is 2.10 bits per heavy atom. The van der Waals surface area contributed by atoms with E-state index in [-0.39, 0.29) is 5.82 Å². The minimum Gasteiger partial charge on any atom is -0.207 e. The van der Waals surface area contributed by atoms with E-state index in [0.29, 0.717) is 10.6 Å². The van der Waals surface area contributed by atoms with E-state index in [4.69, 9.17) is 11.6 Å². The molecule has 0 aliphatic rings. The van der Waals surface area contributed by atoms with Crippen LogP contribution in [0.4, 0.5) is 4.39 Å². The standard InChI is InChI=1S/C7H7BClF/c1-4-6(9)2-5(8)3-7(4)10/h2-3H,8H2,1H3. The molecular formula is C7H7BClF. The Morgan fingerprint density at radius 1 is 1.50 bits per heavy atom. The van der Waals surface area contributed by atoms with Gasteiger partial charge in [-0.2, -0.15) is 0 Å². The van der Waals surface area contributed by atoms with Gasteiger partial charge < -0.3 is 0 Å². The summed E-state index contributed by atoms with van der Waals surface area (Å²) in [5.41, 5.74) is 1.38. The lowest BCUT2D eigenvalue weighted by atomic mass is 9.95. The van der Waals surface area contributed by atoms with Gasteiger partial charge in [-0.1, -0.05) is 17.1 Å². The zero-order valence-corrected chi connectivity index (χ0v) is 6.67. The number of halogens is 2. The second-order valence-corrected chi connectivity index (χ2v) is 2.76. The van der Waals surface area contributed by atoms with E-state index >= 15 is 0 Å². The molecule has 0 saturated carbocycles. The fourth-order valence-electron chi connectivity index (χ4n) is 0.772. The van der Waals surface area contributed by atoms with Crippen molar-refractivity contribution in [2.75, 3.05) is 0 Å². The average molecular weight is 156 g/mol. The molecule has 1 aromatic carbocycles. The molecule has 0 aliphatic carbocycles. The SMILES string of the molecule is Bc1cc(F)c(C)c(Cl)c1. The Labute approximate surface area is 65.4 Å². The highest BCUT2D eigenvalue weighted by Gasteiger charge is 2.01. The Kier molecular flexibility index (Phi) is 2.00. The van der Waals surface area contributed by atoms with Crippen molar-refractivity contribution < 1.29 is 4.39 Å². The maximum atomic E-state index is 12.8. The first kappa shape index (κ1) is 7.61. The minimum atomic E-state index is -0.231. The maximum absolute atomic E-state index is 12.8. The third-order valence-electron chi connectivity index (χ3n) is 1.43. The van der Waals surface area contributed by atoms with E-state index in [1.54, 1.807) is 13.0 Å². The van der Waals surface area contributed by atoms with Gasteiger partial charge in [-0.25, -0.2) is 4.39 Å². The molecule has 0 bridgehead atoms. The predicted molar refractivity (Wildman–Crippen MR) is 44.3 cm³/mol. The van der Waals surface area contributed by atoms with Gasteiger partial charge >= 0.3 is 0 Å². The van der Waals surface area contributed by atoms with Gasteiger partial charge in [0.1, 0.15) is 13.7 Å². The molecule has 0 saturated heterocycles. The van der Waals surface area contributed by atoms with Gasteiger partial charge in [0.25, 0.3) is 0 Å². The molecule has 1 aromatic rings. The van der Waals surface area contributed by atoms with Gasteiger partial charge in [-0.05, 0) is 19.1 Å². The summed E-state index contributed by atoms with van der Waals surface area (Å²) in [7, 11) is 1.81. The van der Waals surface area contributed by atoms with Crippen LogP contribution in [0.3, 0.4) is 0 Å². The van der Waals surface area contributed by atoms with Crippen LogP contribution in [0.15, 0.2) is 12.1 Å². The highest BCUT2D eigenvalue weighted by Crippen LogP contribution is 2.15. The summed E-state index contributed by atoms with van der Waals surface area (Å²) in [5.74, 6) is -0.231. The third-order valence-corrected chi connectivity index (χ3v) is 1.82. The fourth-order valence-corrected chi connectivity index (χ4v) is 1.03. The normalized spacial score (nSPS) is 9.90. The highest BCUT2D eigenvalue weighted by atomic mass is 35.5. The predicted octanol–water partition coefficient (Wildman–Crippen LogP) is 1.05. The van der Waals surface area contributed by atoms with Crippen molar-refractivity contribution in [1.82, 2.24) is 0 Å². The second kappa shape index (κ2) is 2.63. The summed E-state index contributed by atoms with van der Waals surface area (Å²) in [6.07, 6.45) is 0. The van der Waals surface area contributed by atoms with Crippen LogP contribution in [0, 0.1) is 12.7 Å². The highest BCUT2D eigenvalue weighted by molar-refractivity contribution is 6.36. The van der Waals surface area contributed by atoms with E-state index in [2.05, 4.69) is 0 Å². The first-order valence-electron chi connectivity index (χ1n) is 3.03. The van der Waals surface area contributed by atoms with E-state index in [1.165, 1.54) is 6.07 Å². The lowest BCUT2D eigenvalue weighted by molar-refractivity contribution is 0.620. The van der Waals surface area contributed by atoms with Crippen molar-refractivity contribution in [1.29, 1.82) is 0 Å². The van der Waals surface area contributed by atoms with Crippen LogP contribution in [-0.2, 0) is 0 Å². The zero-order valence-electron chi connectivity index (χ0n) is 5.91. The summed E-state index contributed by atoms with van der Waals surface area (Å²) < 4.78 is 12.8. The molecule has 0 atom stereocenters. The maximum Gasteiger partial charge on any atom is 0.139 e. The molecule has 0 aromatic heterocycles. The molecule has 0 aliphatic heterocycles. The topological polar surface area (TPSA) is 0 Å². The Hall–Kier alpha value is -0.495. The number of hydrogen-bond donors (Lipinski definition) is 0. The van der Waals surface area contributed by atoms with Crippen molar-refractivity contribution in [2.24, 2.45) is 0 Å². The first-order chi connectivity index (χ1) is 4.61. The van der Waals surface area contributed by atoms with Gasteiger partial charge in [0.05, 0.1) is 0 Å². The summed E-state index contributed by atoms with van der Waals surface area (Å²) in [5, 5.41) is 0.498. The van der Waals surface area contributed by atoms with Gasteiger partial charge in [0.2, 0.25) is 0 Å². The van der Waals surface area contributed by atoms with Gasteiger partial charge in [-0.15, -0.1) is 0 Å². The average Bonchev–Trinajstić information content (AvgIpc) is 1.82. The molecule has 3 heteroatoms. The molecule has 10 heavy (non-hydrogen) atoms. The number of benzene rings is 1. The monoisotopic (exact) mass is 156 g/mol. The summed E-state index contributed by atoms with van der Waals surface area (Å²) in [6, 6.07) is 3.22. The molecular weight excluding hydrogens is 149 g/mol. The largest absolute Gasteiger partial charge is 0.207 e. The number of rotatable bonds is 0. The smallest absolute Gasteiger partial charge is 0.139 e. The van der Waals surface area contributed by atoms with Gasteiger partial charge in [0.15, 0.2) is 0 Å². The molecule has 0 amide bonds. The molecule has 1 rings (SSSR count). The van der Waals surface area contributed by atoms with Crippen molar-refractivity contribution in [3.8, 4) is 0 Å². The van der Waals surface area contributed by atoms with E-state index in [1.807, 2.05) is 7.85 Å². The molecule has 52 valence electrons. The molecule has 0 fully saturated rings.